The molecule has 0 aliphatic carbocycles. The first kappa shape index (κ1) is 15.5. The van der Waals surface area contributed by atoms with E-state index in [1.54, 1.807) is 10.9 Å². The van der Waals surface area contributed by atoms with Crippen molar-refractivity contribution in [1.82, 2.24) is 14.8 Å². The van der Waals surface area contributed by atoms with Crippen LogP contribution in [0.2, 0.25) is 0 Å². The number of hydrogen-bond acceptors (Lipinski definition) is 5. The first-order valence-electron chi connectivity index (χ1n) is 7.11. The Morgan fingerprint density at radius 1 is 1.39 bits per heavy atom. The van der Waals surface area contributed by atoms with E-state index in [9.17, 15) is 4.79 Å². The summed E-state index contributed by atoms with van der Waals surface area (Å²) in [7, 11) is 1.34. The average Bonchev–Trinajstić information content (AvgIpc) is 2.95. The molecule has 0 radical (unpaired) electrons. The van der Waals surface area contributed by atoms with E-state index < -0.39 is 5.97 Å². The fourth-order valence-electron chi connectivity index (χ4n) is 2.41. The minimum Gasteiger partial charge on any atom is -0.464 e. The van der Waals surface area contributed by atoms with Crippen LogP contribution in [-0.4, -0.2) is 34.4 Å². The molecule has 0 atom stereocenters. The molecule has 6 nitrogen and oxygen atoms in total. The van der Waals surface area contributed by atoms with Crippen LogP contribution in [0.1, 0.15) is 17.4 Å². The molecule has 118 valence electrons. The lowest BCUT2D eigenvalue weighted by Gasteiger charge is -2.06. The van der Waals surface area contributed by atoms with Crippen molar-refractivity contribution in [2.24, 2.45) is 0 Å². The summed E-state index contributed by atoms with van der Waals surface area (Å²) < 4.78 is 7.52. The van der Waals surface area contributed by atoms with E-state index in [0.717, 1.165) is 15.7 Å². The smallest absolute Gasteiger partial charge is 0.359 e. The Hall–Kier alpha value is -2.41. The predicted octanol–water partition coefficient (Wildman–Crippen LogP) is 3.40. The van der Waals surface area contributed by atoms with Crippen LogP contribution >= 0.6 is 15.9 Å². The third kappa shape index (κ3) is 2.79. The maximum Gasteiger partial charge on any atom is 0.359 e. The van der Waals surface area contributed by atoms with Gasteiger partial charge in [-0.05, 0) is 31.2 Å². The average molecular weight is 375 g/mol. The third-order valence-electron chi connectivity index (χ3n) is 3.37. The van der Waals surface area contributed by atoms with Crippen molar-refractivity contribution in [1.29, 1.82) is 0 Å². The third-order valence-corrected chi connectivity index (χ3v) is 3.86. The van der Waals surface area contributed by atoms with Gasteiger partial charge in [0, 0.05) is 17.2 Å². The van der Waals surface area contributed by atoms with Gasteiger partial charge in [-0.15, -0.1) is 0 Å². The van der Waals surface area contributed by atoms with Crippen molar-refractivity contribution in [2.75, 3.05) is 19.0 Å². The van der Waals surface area contributed by atoms with Gasteiger partial charge in [-0.3, -0.25) is 0 Å². The number of nitrogens with one attached hydrogen (secondary N) is 1. The van der Waals surface area contributed by atoms with Crippen LogP contribution in [-0.2, 0) is 4.74 Å². The molecule has 23 heavy (non-hydrogen) atoms. The molecule has 2 heterocycles. The Kier molecular flexibility index (Phi) is 4.29. The number of halogens is 1. The summed E-state index contributed by atoms with van der Waals surface area (Å²) in [5.41, 5.74) is 1.87. The van der Waals surface area contributed by atoms with E-state index >= 15 is 0 Å². The number of pyridine rings is 1. The SMILES string of the molecule is CCNc1nccc2c1c(C(=O)OC)nn2-c1cccc(Br)c1. The summed E-state index contributed by atoms with van der Waals surface area (Å²) in [4.78, 5) is 16.4. The molecule has 0 unspecified atom stereocenters. The van der Waals surface area contributed by atoms with Gasteiger partial charge in [0.25, 0.3) is 0 Å². The van der Waals surface area contributed by atoms with E-state index in [1.165, 1.54) is 7.11 Å². The van der Waals surface area contributed by atoms with Crippen LogP contribution in [0.15, 0.2) is 41.0 Å². The standard InChI is InChI=1S/C16H15BrN4O2/c1-3-18-15-13-12(7-8-19-15)21(20-14(13)16(22)23-2)11-6-4-5-10(17)9-11/h4-9H,3H2,1-2H3,(H,18,19). The number of carbonyl (C=O) groups is 1. The van der Waals surface area contributed by atoms with Crippen LogP contribution in [0.4, 0.5) is 5.82 Å². The number of carbonyl (C=O) groups excluding carboxylic acids is 1. The van der Waals surface area contributed by atoms with E-state index in [0.29, 0.717) is 17.7 Å². The summed E-state index contributed by atoms with van der Waals surface area (Å²) >= 11 is 3.45. The molecule has 1 N–H and O–H groups in total. The van der Waals surface area contributed by atoms with Crippen LogP contribution in [0.5, 0.6) is 0 Å². The van der Waals surface area contributed by atoms with E-state index in [-0.39, 0.29) is 5.69 Å². The molecule has 3 rings (SSSR count). The number of nitrogens with zero attached hydrogens (tertiary/aromatic N) is 3. The minimum atomic E-state index is -0.490. The maximum absolute atomic E-state index is 12.1. The molecular formula is C16H15BrN4O2. The highest BCUT2D eigenvalue weighted by atomic mass is 79.9. The predicted molar refractivity (Wildman–Crippen MR) is 92.1 cm³/mol. The highest BCUT2D eigenvalue weighted by Gasteiger charge is 2.22. The zero-order chi connectivity index (χ0) is 16.4. The lowest BCUT2D eigenvalue weighted by Crippen LogP contribution is -2.06. The molecule has 0 aliphatic rings. The number of hydrogen-bond donors (Lipinski definition) is 1. The van der Waals surface area contributed by atoms with Crippen LogP contribution in [0.25, 0.3) is 16.6 Å². The molecular weight excluding hydrogens is 360 g/mol. The number of anilines is 1. The first-order valence-corrected chi connectivity index (χ1v) is 7.91. The van der Waals surface area contributed by atoms with Crippen molar-refractivity contribution >= 4 is 38.6 Å². The Bertz CT molecular complexity index is 876. The molecule has 0 saturated carbocycles. The summed E-state index contributed by atoms with van der Waals surface area (Å²) in [6, 6.07) is 9.53. The molecule has 0 aliphatic heterocycles. The molecule has 0 amide bonds. The molecule has 7 heteroatoms. The quantitative estimate of drug-likeness (QED) is 0.708. The topological polar surface area (TPSA) is 69.0 Å². The van der Waals surface area contributed by atoms with Crippen molar-refractivity contribution in [3.63, 3.8) is 0 Å². The normalized spacial score (nSPS) is 10.7. The summed E-state index contributed by atoms with van der Waals surface area (Å²) in [5.74, 6) is 0.127. The number of esters is 1. The largest absolute Gasteiger partial charge is 0.464 e. The van der Waals surface area contributed by atoms with Gasteiger partial charge in [-0.2, -0.15) is 5.10 Å². The molecule has 0 bridgehead atoms. The van der Waals surface area contributed by atoms with Crippen molar-refractivity contribution in [3.05, 3.63) is 46.7 Å². The second kappa shape index (κ2) is 6.37. The van der Waals surface area contributed by atoms with Crippen molar-refractivity contribution in [2.45, 2.75) is 6.92 Å². The molecule has 0 spiro atoms. The number of fused-ring (bicyclic) bond motifs is 1. The highest BCUT2D eigenvalue weighted by Crippen LogP contribution is 2.28. The molecule has 2 aromatic heterocycles. The van der Waals surface area contributed by atoms with Crippen LogP contribution in [0.3, 0.4) is 0 Å². The van der Waals surface area contributed by atoms with Crippen LogP contribution < -0.4 is 5.32 Å². The van der Waals surface area contributed by atoms with Gasteiger partial charge in [0.05, 0.1) is 23.7 Å². The number of benzene rings is 1. The maximum atomic E-state index is 12.1. The van der Waals surface area contributed by atoms with Gasteiger partial charge in [0.2, 0.25) is 0 Å². The highest BCUT2D eigenvalue weighted by molar-refractivity contribution is 9.10. The number of rotatable bonds is 4. The molecule has 0 saturated heterocycles. The Labute approximate surface area is 141 Å². The van der Waals surface area contributed by atoms with Gasteiger partial charge in [-0.25, -0.2) is 14.5 Å². The van der Waals surface area contributed by atoms with Gasteiger partial charge in [0.15, 0.2) is 5.69 Å². The van der Waals surface area contributed by atoms with Gasteiger partial charge < -0.3 is 10.1 Å². The fourth-order valence-corrected chi connectivity index (χ4v) is 2.80. The second-order valence-corrected chi connectivity index (χ2v) is 5.73. The molecule has 3 aromatic rings. The van der Waals surface area contributed by atoms with Gasteiger partial charge in [-0.1, -0.05) is 22.0 Å². The number of aromatic nitrogens is 3. The lowest BCUT2D eigenvalue weighted by molar-refractivity contribution is 0.0595. The minimum absolute atomic E-state index is 0.242. The van der Waals surface area contributed by atoms with Crippen LogP contribution in [0, 0.1) is 0 Å². The van der Waals surface area contributed by atoms with Gasteiger partial charge in [0.1, 0.15) is 5.82 Å². The van der Waals surface area contributed by atoms with E-state index in [2.05, 4.69) is 31.3 Å². The summed E-state index contributed by atoms with van der Waals surface area (Å²) in [6.07, 6.45) is 1.69. The summed E-state index contributed by atoms with van der Waals surface area (Å²) in [6.45, 7) is 2.66. The Morgan fingerprint density at radius 3 is 2.91 bits per heavy atom. The Morgan fingerprint density at radius 2 is 2.22 bits per heavy atom. The van der Waals surface area contributed by atoms with Crippen molar-refractivity contribution in [3.8, 4) is 5.69 Å². The monoisotopic (exact) mass is 374 g/mol. The van der Waals surface area contributed by atoms with E-state index in [1.807, 2.05) is 37.3 Å². The second-order valence-electron chi connectivity index (χ2n) is 4.82. The molecule has 1 aromatic carbocycles. The van der Waals surface area contributed by atoms with E-state index in [4.69, 9.17) is 4.74 Å². The fraction of sp³-hybridized carbons (Fsp3) is 0.188. The number of methoxy groups -OCH3 is 1. The zero-order valence-corrected chi connectivity index (χ0v) is 14.3. The zero-order valence-electron chi connectivity index (χ0n) is 12.7. The number of ether oxygens (including phenoxy) is 1. The lowest BCUT2D eigenvalue weighted by atomic mass is 10.2. The van der Waals surface area contributed by atoms with Gasteiger partial charge >= 0.3 is 5.97 Å². The first-order chi connectivity index (χ1) is 11.2. The summed E-state index contributed by atoms with van der Waals surface area (Å²) in [5, 5.41) is 8.27. The molecule has 0 fully saturated rings. The van der Waals surface area contributed by atoms with Crippen molar-refractivity contribution < 1.29 is 9.53 Å². The Balaban J connectivity index is 2.32.